The van der Waals surface area contributed by atoms with Gasteiger partial charge in [0.15, 0.2) is 0 Å². The maximum atomic E-state index is 8.97. The first-order valence-corrected chi connectivity index (χ1v) is 6.47. The Morgan fingerprint density at radius 3 is 2.80 bits per heavy atom. The minimum atomic E-state index is 0.632. The van der Waals surface area contributed by atoms with Crippen molar-refractivity contribution >= 4 is 17.3 Å². The number of benzene rings is 1. The Bertz CT molecular complexity index is 645. The molecule has 2 rings (SSSR count). The van der Waals surface area contributed by atoms with E-state index in [2.05, 4.69) is 21.4 Å². The first-order valence-electron chi connectivity index (χ1n) is 6.47. The lowest BCUT2D eigenvalue weighted by Gasteiger charge is -2.19. The molecule has 5 nitrogen and oxygen atoms in total. The molecule has 0 fully saturated rings. The van der Waals surface area contributed by atoms with E-state index in [1.54, 1.807) is 6.07 Å². The molecule has 0 amide bonds. The zero-order valence-electron chi connectivity index (χ0n) is 11.9. The maximum absolute atomic E-state index is 8.97. The summed E-state index contributed by atoms with van der Waals surface area (Å²) in [5, 5.41) is 12.2. The number of anilines is 3. The number of aromatic nitrogens is 2. The van der Waals surface area contributed by atoms with Crippen LogP contribution in [0.15, 0.2) is 30.3 Å². The Balaban J connectivity index is 2.37. The lowest BCUT2D eigenvalue weighted by molar-refractivity contribution is 1.00. The van der Waals surface area contributed by atoms with Gasteiger partial charge in [0, 0.05) is 25.3 Å². The normalized spacial score (nSPS) is 9.90. The van der Waals surface area contributed by atoms with Crippen molar-refractivity contribution in [3.8, 4) is 6.07 Å². The van der Waals surface area contributed by atoms with Gasteiger partial charge in [0.1, 0.15) is 17.5 Å². The highest BCUT2D eigenvalue weighted by Gasteiger charge is 2.09. The molecule has 1 heterocycles. The first-order chi connectivity index (χ1) is 9.63. The Kier molecular flexibility index (Phi) is 4.16. The summed E-state index contributed by atoms with van der Waals surface area (Å²) in [4.78, 5) is 10.7. The van der Waals surface area contributed by atoms with E-state index in [9.17, 15) is 0 Å². The summed E-state index contributed by atoms with van der Waals surface area (Å²) in [5.41, 5.74) is 1.55. The van der Waals surface area contributed by atoms with Crippen LogP contribution in [0.2, 0.25) is 0 Å². The lowest BCUT2D eigenvalue weighted by Crippen LogP contribution is -2.13. The van der Waals surface area contributed by atoms with Gasteiger partial charge < -0.3 is 10.2 Å². The Hall–Kier alpha value is -2.61. The van der Waals surface area contributed by atoms with Gasteiger partial charge in [-0.3, -0.25) is 0 Å². The number of nitriles is 1. The smallest absolute Gasteiger partial charge is 0.138 e. The van der Waals surface area contributed by atoms with Gasteiger partial charge in [-0.05, 0) is 32.0 Å². The summed E-state index contributed by atoms with van der Waals surface area (Å²) in [6.45, 7) is 4.70. The molecule has 0 atom stereocenters. The maximum Gasteiger partial charge on any atom is 0.138 e. The molecule has 0 saturated heterocycles. The minimum Gasteiger partial charge on any atom is -0.370 e. The molecule has 0 radical (unpaired) electrons. The number of rotatable bonds is 4. The van der Waals surface area contributed by atoms with Gasteiger partial charge in [0.2, 0.25) is 0 Å². The van der Waals surface area contributed by atoms with E-state index in [1.165, 1.54) is 0 Å². The average molecular weight is 267 g/mol. The van der Waals surface area contributed by atoms with E-state index < -0.39 is 0 Å². The number of aryl methyl sites for hydroxylation is 1. The highest BCUT2D eigenvalue weighted by molar-refractivity contribution is 5.63. The highest BCUT2D eigenvalue weighted by atomic mass is 15.2. The second kappa shape index (κ2) is 6.02. The third kappa shape index (κ3) is 3.04. The van der Waals surface area contributed by atoms with Gasteiger partial charge in [-0.25, -0.2) is 9.97 Å². The summed E-state index contributed by atoms with van der Waals surface area (Å²) in [6.07, 6.45) is 0. The molecule has 20 heavy (non-hydrogen) atoms. The molecule has 0 aliphatic carbocycles. The van der Waals surface area contributed by atoms with Gasteiger partial charge in [0.05, 0.1) is 11.6 Å². The molecule has 2 aromatic rings. The first kappa shape index (κ1) is 13.8. The largest absolute Gasteiger partial charge is 0.370 e. The molecule has 0 bridgehead atoms. The van der Waals surface area contributed by atoms with Gasteiger partial charge in [0.25, 0.3) is 0 Å². The second-order valence-corrected chi connectivity index (χ2v) is 4.41. The molecule has 1 N–H and O–H groups in total. The Labute approximate surface area is 118 Å². The van der Waals surface area contributed by atoms with Crippen LogP contribution < -0.4 is 10.2 Å². The van der Waals surface area contributed by atoms with Crippen molar-refractivity contribution in [3.63, 3.8) is 0 Å². The van der Waals surface area contributed by atoms with Crippen molar-refractivity contribution in [3.05, 3.63) is 41.7 Å². The summed E-state index contributed by atoms with van der Waals surface area (Å²) in [6, 6.07) is 11.5. The molecule has 0 aliphatic heterocycles. The van der Waals surface area contributed by atoms with Crippen LogP contribution in [0.25, 0.3) is 0 Å². The van der Waals surface area contributed by atoms with Crippen molar-refractivity contribution in [2.24, 2.45) is 0 Å². The zero-order chi connectivity index (χ0) is 14.5. The summed E-state index contributed by atoms with van der Waals surface area (Å²) < 4.78 is 0. The van der Waals surface area contributed by atoms with Gasteiger partial charge in [-0.1, -0.05) is 6.07 Å². The third-order valence-electron chi connectivity index (χ3n) is 2.89. The van der Waals surface area contributed by atoms with Crippen LogP contribution in [0, 0.1) is 18.3 Å². The summed E-state index contributed by atoms with van der Waals surface area (Å²) >= 11 is 0. The van der Waals surface area contributed by atoms with Gasteiger partial charge in [-0.2, -0.15) is 5.26 Å². The van der Waals surface area contributed by atoms with Crippen LogP contribution in [0.1, 0.15) is 18.3 Å². The van der Waals surface area contributed by atoms with Crippen LogP contribution in [0.5, 0.6) is 0 Å². The van der Waals surface area contributed by atoms with E-state index in [1.807, 2.05) is 50.1 Å². The molecule has 5 heteroatoms. The SMILES string of the molecule is CCNc1cc(N(C)c2cccc(C#N)c2)nc(C)n1. The predicted octanol–water partition coefficient (Wildman–Crippen LogP) is 2.86. The van der Waals surface area contributed by atoms with Crippen molar-refractivity contribution in [2.75, 3.05) is 23.8 Å². The number of nitrogens with zero attached hydrogens (tertiary/aromatic N) is 4. The van der Waals surface area contributed by atoms with Crippen molar-refractivity contribution < 1.29 is 0 Å². The lowest BCUT2D eigenvalue weighted by atomic mass is 10.2. The second-order valence-electron chi connectivity index (χ2n) is 4.41. The van der Waals surface area contributed by atoms with E-state index in [4.69, 9.17) is 5.26 Å². The van der Waals surface area contributed by atoms with E-state index in [0.29, 0.717) is 11.4 Å². The average Bonchev–Trinajstić information content (AvgIpc) is 2.46. The van der Waals surface area contributed by atoms with Crippen molar-refractivity contribution in [2.45, 2.75) is 13.8 Å². The molecule has 102 valence electrons. The molecule has 0 spiro atoms. The number of nitrogens with one attached hydrogen (secondary N) is 1. The van der Waals surface area contributed by atoms with E-state index in [-0.39, 0.29) is 0 Å². The molecule has 0 aliphatic rings. The van der Waals surface area contributed by atoms with E-state index >= 15 is 0 Å². The fraction of sp³-hybridized carbons (Fsp3) is 0.267. The summed E-state index contributed by atoms with van der Waals surface area (Å²) in [7, 11) is 1.92. The Morgan fingerprint density at radius 1 is 1.30 bits per heavy atom. The van der Waals surface area contributed by atoms with Crippen LogP contribution in [0.3, 0.4) is 0 Å². The zero-order valence-corrected chi connectivity index (χ0v) is 11.9. The molecule has 1 aromatic heterocycles. The van der Waals surface area contributed by atoms with Crippen LogP contribution in [-0.4, -0.2) is 23.6 Å². The van der Waals surface area contributed by atoms with Gasteiger partial charge in [-0.15, -0.1) is 0 Å². The monoisotopic (exact) mass is 267 g/mol. The molecule has 1 aromatic carbocycles. The van der Waals surface area contributed by atoms with Crippen LogP contribution >= 0.6 is 0 Å². The standard InChI is InChI=1S/C15H17N5/c1-4-17-14-9-15(19-11(2)18-14)20(3)13-7-5-6-12(8-13)10-16/h5-9H,4H2,1-3H3,(H,17,18,19). The van der Waals surface area contributed by atoms with Crippen molar-refractivity contribution in [1.82, 2.24) is 9.97 Å². The Morgan fingerprint density at radius 2 is 2.10 bits per heavy atom. The van der Waals surface area contributed by atoms with Crippen LogP contribution in [0.4, 0.5) is 17.3 Å². The predicted molar refractivity (Wildman–Crippen MR) is 80.2 cm³/mol. The molecular formula is C15H17N5. The fourth-order valence-electron chi connectivity index (χ4n) is 1.91. The van der Waals surface area contributed by atoms with E-state index in [0.717, 1.165) is 23.9 Å². The minimum absolute atomic E-state index is 0.632. The van der Waals surface area contributed by atoms with Gasteiger partial charge >= 0.3 is 0 Å². The fourth-order valence-corrected chi connectivity index (χ4v) is 1.91. The third-order valence-corrected chi connectivity index (χ3v) is 2.89. The molecule has 0 unspecified atom stereocenters. The number of hydrogen-bond donors (Lipinski definition) is 1. The van der Waals surface area contributed by atoms with Crippen molar-refractivity contribution in [1.29, 1.82) is 5.26 Å². The summed E-state index contributed by atoms with van der Waals surface area (Å²) in [5.74, 6) is 2.31. The molecule has 0 saturated carbocycles. The number of hydrogen-bond acceptors (Lipinski definition) is 5. The highest BCUT2D eigenvalue weighted by Crippen LogP contribution is 2.24. The van der Waals surface area contributed by atoms with Crippen LogP contribution in [-0.2, 0) is 0 Å². The molecular weight excluding hydrogens is 250 g/mol. The quantitative estimate of drug-likeness (QED) is 0.922. The topological polar surface area (TPSA) is 64.8 Å².